The summed E-state index contributed by atoms with van der Waals surface area (Å²) >= 11 is 0. The van der Waals surface area contributed by atoms with Crippen molar-refractivity contribution in [3.63, 3.8) is 0 Å². The van der Waals surface area contributed by atoms with E-state index in [4.69, 9.17) is 0 Å². The standard InChI is InChI=1S/C17H15F3N2O5S2/c1-11-10-28(24,25)22(16(11)23)12-6-8-13(9-7-12)29(26,27)21-15-5-3-2-4-14(15)17(18,19)20/h2-9,11,21H,10H2,1H3/t11-/m0/s1. The van der Waals surface area contributed by atoms with Gasteiger partial charge in [-0.1, -0.05) is 19.1 Å². The van der Waals surface area contributed by atoms with Crippen LogP contribution in [0.1, 0.15) is 12.5 Å². The number of anilines is 2. The van der Waals surface area contributed by atoms with Gasteiger partial charge in [-0.15, -0.1) is 0 Å². The second kappa shape index (κ2) is 7.02. The molecule has 1 atom stereocenters. The summed E-state index contributed by atoms with van der Waals surface area (Å²) in [5.41, 5.74) is -1.84. The number of hydrogen-bond acceptors (Lipinski definition) is 5. The molecular formula is C17H15F3N2O5S2. The topological polar surface area (TPSA) is 101 Å². The van der Waals surface area contributed by atoms with E-state index in [0.717, 1.165) is 42.5 Å². The molecule has 1 saturated heterocycles. The Labute approximate surface area is 165 Å². The summed E-state index contributed by atoms with van der Waals surface area (Å²) in [7, 11) is -8.26. The van der Waals surface area contributed by atoms with E-state index < -0.39 is 54.2 Å². The van der Waals surface area contributed by atoms with E-state index >= 15 is 0 Å². The Morgan fingerprint density at radius 1 is 1.07 bits per heavy atom. The summed E-state index contributed by atoms with van der Waals surface area (Å²) in [6.07, 6.45) is -4.76. The molecule has 2 aromatic rings. The molecule has 12 heteroatoms. The third-order valence-electron chi connectivity index (χ3n) is 4.22. The van der Waals surface area contributed by atoms with Gasteiger partial charge in [0.2, 0.25) is 15.9 Å². The molecule has 2 aromatic carbocycles. The molecule has 1 aliphatic rings. The Morgan fingerprint density at radius 2 is 1.66 bits per heavy atom. The van der Waals surface area contributed by atoms with Gasteiger partial charge in [0.25, 0.3) is 10.0 Å². The number of hydrogen-bond donors (Lipinski definition) is 1. The van der Waals surface area contributed by atoms with Crippen LogP contribution < -0.4 is 9.03 Å². The Bertz CT molecular complexity index is 1160. The summed E-state index contributed by atoms with van der Waals surface area (Å²) in [6.45, 7) is 1.46. The Balaban J connectivity index is 1.92. The highest BCUT2D eigenvalue weighted by molar-refractivity contribution is 7.94. The number of rotatable bonds is 4. The minimum atomic E-state index is -4.76. The molecule has 156 valence electrons. The zero-order chi connectivity index (χ0) is 21.6. The third-order valence-corrected chi connectivity index (χ3v) is 7.47. The van der Waals surface area contributed by atoms with Crippen molar-refractivity contribution in [1.82, 2.24) is 0 Å². The van der Waals surface area contributed by atoms with Gasteiger partial charge >= 0.3 is 6.18 Å². The monoisotopic (exact) mass is 448 g/mol. The lowest BCUT2D eigenvalue weighted by molar-refractivity contribution is -0.136. The summed E-state index contributed by atoms with van der Waals surface area (Å²) in [4.78, 5) is 11.7. The molecule has 0 unspecified atom stereocenters. The number of carbonyl (C=O) groups excluding carboxylic acids is 1. The minimum Gasteiger partial charge on any atom is -0.279 e. The van der Waals surface area contributed by atoms with Crippen LogP contribution in [0.4, 0.5) is 24.5 Å². The first-order valence-corrected chi connectivity index (χ1v) is 11.3. The number of para-hydroxylation sites is 1. The number of nitrogens with one attached hydrogen (secondary N) is 1. The zero-order valence-corrected chi connectivity index (χ0v) is 16.5. The van der Waals surface area contributed by atoms with Crippen molar-refractivity contribution in [2.75, 3.05) is 14.8 Å². The van der Waals surface area contributed by atoms with Crippen LogP contribution in [-0.2, 0) is 31.0 Å². The maximum absolute atomic E-state index is 13.1. The SMILES string of the molecule is C[C@H]1CS(=O)(=O)N(c2ccc(S(=O)(=O)Nc3ccccc3C(F)(F)F)cc2)C1=O. The molecular weight excluding hydrogens is 433 g/mol. The van der Waals surface area contributed by atoms with Crippen LogP contribution in [0.5, 0.6) is 0 Å². The normalized spacial score (nSPS) is 19.4. The molecule has 3 rings (SSSR count). The summed E-state index contributed by atoms with van der Waals surface area (Å²) < 4.78 is 90.8. The molecule has 0 bridgehead atoms. The van der Waals surface area contributed by atoms with Crippen molar-refractivity contribution in [1.29, 1.82) is 0 Å². The van der Waals surface area contributed by atoms with E-state index in [-0.39, 0.29) is 11.4 Å². The molecule has 1 fully saturated rings. The van der Waals surface area contributed by atoms with Crippen molar-refractivity contribution in [3.8, 4) is 0 Å². The molecule has 0 aliphatic carbocycles. The smallest absolute Gasteiger partial charge is 0.279 e. The molecule has 0 aromatic heterocycles. The van der Waals surface area contributed by atoms with Gasteiger partial charge in [0.1, 0.15) is 0 Å². The van der Waals surface area contributed by atoms with Gasteiger partial charge in [0.05, 0.1) is 33.5 Å². The molecule has 0 saturated carbocycles. The number of alkyl halides is 3. The quantitative estimate of drug-likeness (QED) is 0.775. The van der Waals surface area contributed by atoms with E-state index in [2.05, 4.69) is 0 Å². The summed E-state index contributed by atoms with van der Waals surface area (Å²) in [5.74, 6) is -1.73. The van der Waals surface area contributed by atoms with Crippen LogP contribution in [-0.4, -0.2) is 28.5 Å². The van der Waals surface area contributed by atoms with Crippen molar-refractivity contribution in [3.05, 3.63) is 54.1 Å². The fraction of sp³-hybridized carbons (Fsp3) is 0.235. The predicted octanol–water partition coefficient (Wildman–Crippen LogP) is 2.82. The van der Waals surface area contributed by atoms with E-state index in [1.54, 1.807) is 0 Å². The highest BCUT2D eigenvalue weighted by Crippen LogP contribution is 2.36. The largest absolute Gasteiger partial charge is 0.418 e. The van der Waals surface area contributed by atoms with E-state index in [0.29, 0.717) is 4.31 Å². The molecule has 1 heterocycles. The number of nitrogens with zero attached hydrogens (tertiary/aromatic N) is 1. The fourth-order valence-corrected chi connectivity index (χ4v) is 5.77. The van der Waals surface area contributed by atoms with Crippen molar-refractivity contribution < 1.29 is 34.8 Å². The first-order valence-electron chi connectivity index (χ1n) is 8.19. The van der Waals surface area contributed by atoms with Crippen molar-refractivity contribution >= 4 is 37.3 Å². The highest BCUT2D eigenvalue weighted by atomic mass is 32.2. The lowest BCUT2D eigenvalue weighted by Crippen LogP contribution is -2.30. The predicted molar refractivity (Wildman–Crippen MR) is 99.1 cm³/mol. The minimum absolute atomic E-state index is 0.0472. The third kappa shape index (κ3) is 4.08. The van der Waals surface area contributed by atoms with Crippen molar-refractivity contribution in [2.24, 2.45) is 5.92 Å². The molecule has 0 radical (unpaired) electrons. The lowest BCUT2D eigenvalue weighted by atomic mass is 10.2. The molecule has 1 aliphatic heterocycles. The average Bonchev–Trinajstić information content (AvgIpc) is 2.81. The molecule has 1 N–H and O–H groups in total. The summed E-state index contributed by atoms with van der Waals surface area (Å²) in [6, 6.07) is 8.34. The van der Waals surface area contributed by atoms with Gasteiger partial charge in [0, 0.05) is 0 Å². The molecule has 7 nitrogen and oxygen atoms in total. The van der Waals surface area contributed by atoms with E-state index in [9.17, 15) is 34.8 Å². The second-order valence-electron chi connectivity index (χ2n) is 6.42. The zero-order valence-electron chi connectivity index (χ0n) is 14.8. The number of amides is 1. The Hall–Kier alpha value is -2.60. The molecule has 29 heavy (non-hydrogen) atoms. The highest BCUT2D eigenvalue weighted by Gasteiger charge is 2.42. The molecule has 1 amide bonds. The van der Waals surface area contributed by atoms with Gasteiger partial charge in [0.15, 0.2) is 0 Å². The average molecular weight is 448 g/mol. The van der Waals surface area contributed by atoms with Crippen LogP contribution in [0.25, 0.3) is 0 Å². The number of benzene rings is 2. The first kappa shape index (κ1) is 21.1. The number of sulfonamides is 2. The van der Waals surface area contributed by atoms with Crippen LogP contribution >= 0.6 is 0 Å². The summed E-state index contributed by atoms with van der Waals surface area (Å²) in [5, 5.41) is 0. The Morgan fingerprint density at radius 3 is 2.17 bits per heavy atom. The fourth-order valence-electron chi connectivity index (χ4n) is 2.87. The van der Waals surface area contributed by atoms with E-state index in [1.165, 1.54) is 13.0 Å². The van der Waals surface area contributed by atoms with Gasteiger partial charge in [-0.2, -0.15) is 13.2 Å². The number of carbonyl (C=O) groups is 1. The molecule has 0 spiro atoms. The Kier molecular flexibility index (Phi) is 5.11. The van der Waals surface area contributed by atoms with Gasteiger partial charge < -0.3 is 0 Å². The second-order valence-corrected chi connectivity index (χ2v) is 9.97. The number of halogens is 3. The van der Waals surface area contributed by atoms with Gasteiger partial charge in [-0.05, 0) is 36.4 Å². The van der Waals surface area contributed by atoms with Gasteiger partial charge in [-0.3, -0.25) is 9.52 Å². The first-order chi connectivity index (χ1) is 13.3. The van der Waals surface area contributed by atoms with Crippen LogP contribution in [0.15, 0.2) is 53.4 Å². The van der Waals surface area contributed by atoms with Crippen molar-refractivity contribution in [2.45, 2.75) is 18.0 Å². The van der Waals surface area contributed by atoms with E-state index in [1.807, 2.05) is 4.72 Å². The van der Waals surface area contributed by atoms with Crippen LogP contribution in [0.2, 0.25) is 0 Å². The van der Waals surface area contributed by atoms with Crippen LogP contribution in [0, 0.1) is 5.92 Å². The maximum Gasteiger partial charge on any atom is 0.418 e. The van der Waals surface area contributed by atoms with Crippen LogP contribution in [0.3, 0.4) is 0 Å². The maximum atomic E-state index is 13.1. The lowest BCUT2D eigenvalue weighted by Gasteiger charge is -2.17. The van der Waals surface area contributed by atoms with Gasteiger partial charge in [-0.25, -0.2) is 21.1 Å².